The Kier molecular flexibility index (Phi) is 4.80. The maximum absolute atomic E-state index is 13.1. The van der Waals surface area contributed by atoms with E-state index in [0.29, 0.717) is 18.1 Å². The van der Waals surface area contributed by atoms with Crippen molar-refractivity contribution in [1.29, 1.82) is 0 Å². The second-order valence-electron chi connectivity index (χ2n) is 7.31. The molecule has 3 heterocycles. The van der Waals surface area contributed by atoms with Gasteiger partial charge in [0, 0.05) is 35.4 Å². The van der Waals surface area contributed by atoms with Crippen LogP contribution in [0.3, 0.4) is 0 Å². The average Bonchev–Trinajstić information content (AvgIpc) is 3.45. The first-order valence-corrected chi connectivity index (χ1v) is 10.7. The molecule has 5 rings (SSSR count). The fourth-order valence-electron chi connectivity index (χ4n) is 3.95. The minimum Gasteiger partial charge on any atom is -0.398 e. The number of amides is 2. The van der Waals surface area contributed by atoms with Crippen LogP contribution in [0.1, 0.15) is 23.9 Å². The number of thiazole rings is 1. The summed E-state index contributed by atoms with van der Waals surface area (Å²) in [7, 11) is 0. The summed E-state index contributed by atoms with van der Waals surface area (Å²) < 4.78 is 0. The molecule has 0 saturated carbocycles. The predicted molar refractivity (Wildman–Crippen MR) is 121 cm³/mol. The highest BCUT2D eigenvalue weighted by Gasteiger charge is 2.32. The Balaban J connectivity index is 1.39. The van der Waals surface area contributed by atoms with Gasteiger partial charge < -0.3 is 10.6 Å². The molecule has 1 atom stereocenters. The van der Waals surface area contributed by atoms with E-state index in [4.69, 9.17) is 5.73 Å². The van der Waals surface area contributed by atoms with E-state index in [1.807, 2.05) is 53.6 Å². The summed E-state index contributed by atoms with van der Waals surface area (Å²) in [5.74, 6) is 0.527. The van der Waals surface area contributed by atoms with E-state index >= 15 is 0 Å². The lowest BCUT2D eigenvalue weighted by Gasteiger charge is -2.23. The van der Waals surface area contributed by atoms with Gasteiger partial charge in [0.1, 0.15) is 10.8 Å². The molecule has 3 N–H and O–H groups in total. The average molecular weight is 416 g/mol. The number of hydrogen-bond donors (Lipinski definition) is 2. The van der Waals surface area contributed by atoms with Crippen molar-refractivity contribution in [2.45, 2.75) is 18.9 Å². The summed E-state index contributed by atoms with van der Waals surface area (Å²) in [5, 5.41) is 5.68. The Morgan fingerprint density at radius 2 is 1.93 bits per heavy atom. The number of likely N-dealkylation sites (tertiary alicyclic amines) is 1. The molecule has 2 amide bonds. The number of nitrogens with zero attached hydrogens (tertiary/aromatic N) is 3. The molecule has 1 aliphatic rings. The van der Waals surface area contributed by atoms with Crippen molar-refractivity contribution >= 4 is 39.6 Å². The number of nitrogens with one attached hydrogen (secondary N) is 1. The molecule has 0 bridgehead atoms. The van der Waals surface area contributed by atoms with Crippen molar-refractivity contribution in [3.8, 4) is 10.4 Å². The number of hydrogen-bond acceptors (Lipinski definition) is 5. The first kappa shape index (κ1) is 18.6. The maximum Gasteiger partial charge on any atom is 0.323 e. The molecule has 1 fully saturated rings. The number of nitrogens with two attached hydrogens (primary N) is 1. The minimum atomic E-state index is -0.156. The molecule has 4 aromatic rings. The number of pyridine rings is 1. The first-order chi connectivity index (χ1) is 14.7. The van der Waals surface area contributed by atoms with Crippen LogP contribution in [0.5, 0.6) is 0 Å². The molecular formula is C23H21N5OS. The SMILES string of the molecule is Nc1cccc2c(NC(=O)N3CCC[C@H]3c3ncc(-c4ccccc4)s3)nccc12. The molecule has 150 valence electrons. The van der Waals surface area contributed by atoms with Gasteiger partial charge in [0.15, 0.2) is 0 Å². The van der Waals surface area contributed by atoms with Gasteiger partial charge in [0.2, 0.25) is 0 Å². The van der Waals surface area contributed by atoms with Crippen LogP contribution in [-0.2, 0) is 0 Å². The van der Waals surface area contributed by atoms with E-state index in [-0.39, 0.29) is 12.1 Å². The minimum absolute atomic E-state index is 0.0208. The van der Waals surface area contributed by atoms with Crippen LogP contribution in [0, 0.1) is 0 Å². The highest BCUT2D eigenvalue weighted by molar-refractivity contribution is 7.15. The summed E-state index contributed by atoms with van der Waals surface area (Å²) in [5.41, 5.74) is 7.88. The van der Waals surface area contributed by atoms with Crippen molar-refractivity contribution in [3.05, 3.63) is 72.0 Å². The molecule has 1 aliphatic heterocycles. The third-order valence-electron chi connectivity index (χ3n) is 5.45. The van der Waals surface area contributed by atoms with Gasteiger partial charge in [0.25, 0.3) is 0 Å². The Labute approximate surface area is 178 Å². The third kappa shape index (κ3) is 3.37. The summed E-state index contributed by atoms with van der Waals surface area (Å²) in [6.07, 6.45) is 5.43. The molecule has 0 unspecified atom stereocenters. The van der Waals surface area contributed by atoms with E-state index in [0.717, 1.165) is 39.1 Å². The van der Waals surface area contributed by atoms with Gasteiger partial charge in [-0.3, -0.25) is 5.32 Å². The van der Waals surface area contributed by atoms with Crippen molar-refractivity contribution in [3.63, 3.8) is 0 Å². The Hall–Kier alpha value is -3.45. The maximum atomic E-state index is 13.1. The Morgan fingerprint density at radius 3 is 2.80 bits per heavy atom. The lowest BCUT2D eigenvalue weighted by Crippen LogP contribution is -2.34. The summed E-state index contributed by atoms with van der Waals surface area (Å²) in [4.78, 5) is 25.1. The number of rotatable bonds is 3. The van der Waals surface area contributed by atoms with E-state index in [2.05, 4.69) is 27.4 Å². The molecular weight excluding hydrogens is 394 g/mol. The predicted octanol–water partition coefficient (Wildman–Crippen LogP) is 5.31. The van der Waals surface area contributed by atoms with Crippen LogP contribution in [0.15, 0.2) is 67.0 Å². The van der Waals surface area contributed by atoms with E-state index in [1.165, 1.54) is 0 Å². The number of carbonyl (C=O) groups excluding carboxylic acids is 1. The molecule has 0 aliphatic carbocycles. The van der Waals surface area contributed by atoms with Crippen molar-refractivity contribution < 1.29 is 4.79 Å². The van der Waals surface area contributed by atoms with E-state index in [1.54, 1.807) is 17.5 Å². The number of aromatic nitrogens is 2. The van der Waals surface area contributed by atoms with Crippen LogP contribution in [-0.4, -0.2) is 27.4 Å². The molecule has 7 heteroatoms. The standard InChI is InChI=1S/C23H21N5OS/c24-18-9-4-8-17-16(18)11-12-25-21(17)27-23(29)28-13-5-10-19(28)22-26-14-20(30-22)15-6-2-1-3-7-15/h1-4,6-9,11-12,14,19H,5,10,13,24H2,(H,25,27,29)/t19-/m0/s1. The fourth-order valence-corrected chi connectivity index (χ4v) is 5.02. The number of nitrogen functional groups attached to an aromatic ring is 1. The smallest absolute Gasteiger partial charge is 0.323 e. The zero-order valence-corrected chi connectivity index (χ0v) is 17.1. The zero-order chi connectivity index (χ0) is 20.5. The summed E-state index contributed by atoms with van der Waals surface area (Å²) in [6.45, 7) is 0.698. The Bertz CT molecular complexity index is 1210. The molecule has 30 heavy (non-hydrogen) atoms. The van der Waals surface area contributed by atoms with Crippen LogP contribution < -0.4 is 11.1 Å². The molecule has 1 saturated heterocycles. The monoisotopic (exact) mass is 415 g/mol. The van der Waals surface area contributed by atoms with Gasteiger partial charge in [-0.2, -0.15) is 0 Å². The second kappa shape index (κ2) is 7.76. The fraction of sp³-hybridized carbons (Fsp3) is 0.174. The molecule has 0 spiro atoms. The largest absolute Gasteiger partial charge is 0.398 e. The quantitative estimate of drug-likeness (QED) is 0.444. The van der Waals surface area contributed by atoms with Gasteiger partial charge >= 0.3 is 6.03 Å². The number of carbonyl (C=O) groups is 1. The van der Waals surface area contributed by atoms with Crippen molar-refractivity contribution in [1.82, 2.24) is 14.9 Å². The Morgan fingerprint density at radius 1 is 1.07 bits per heavy atom. The second-order valence-corrected chi connectivity index (χ2v) is 8.37. The normalized spacial score (nSPS) is 16.1. The van der Waals surface area contributed by atoms with Crippen LogP contribution in [0.2, 0.25) is 0 Å². The van der Waals surface area contributed by atoms with Gasteiger partial charge in [0.05, 0.1) is 10.9 Å². The third-order valence-corrected chi connectivity index (χ3v) is 6.59. The molecule has 6 nitrogen and oxygen atoms in total. The number of benzene rings is 2. The van der Waals surface area contributed by atoms with Gasteiger partial charge in [-0.1, -0.05) is 42.5 Å². The van der Waals surface area contributed by atoms with Crippen LogP contribution >= 0.6 is 11.3 Å². The van der Waals surface area contributed by atoms with Crippen molar-refractivity contribution in [2.24, 2.45) is 0 Å². The van der Waals surface area contributed by atoms with Gasteiger partial charge in [-0.25, -0.2) is 14.8 Å². The lowest BCUT2D eigenvalue weighted by molar-refractivity contribution is 0.207. The van der Waals surface area contributed by atoms with E-state index in [9.17, 15) is 4.79 Å². The highest BCUT2D eigenvalue weighted by Crippen LogP contribution is 2.37. The van der Waals surface area contributed by atoms with Crippen molar-refractivity contribution in [2.75, 3.05) is 17.6 Å². The molecule has 0 radical (unpaired) electrons. The highest BCUT2D eigenvalue weighted by atomic mass is 32.1. The van der Waals surface area contributed by atoms with Crippen LogP contribution in [0.4, 0.5) is 16.3 Å². The number of urea groups is 1. The number of fused-ring (bicyclic) bond motifs is 1. The topological polar surface area (TPSA) is 84.1 Å². The molecule has 2 aromatic heterocycles. The summed E-state index contributed by atoms with van der Waals surface area (Å²) >= 11 is 1.65. The van der Waals surface area contributed by atoms with Gasteiger partial charge in [-0.15, -0.1) is 11.3 Å². The van der Waals surface area contributed by atoms with E-state index < -0.39 is 0 Å². The van der Waals surface area contributed by atoms with Crippen LogP contribution in [0.25, 0.3) is 21.2 Å². The number of anilines is 2. The zero-order valence-electron chi connectivity index (χ0n) is 16.3. The lowest BCUT2D eigenvalue weighted by atomic mass is 10.1. The first-order valence-electron chi connectivity index (χ1n) is 9.92. The van der Waals surface area contributed by atoms with Gasteiger partial charge in [-0.05, 0) is 30.5 Å². The molecule has 2 aromatic carbocycles. The summed E-state index contributed by atoms with van der Waals surface area (Å²) in [6, 6.07) is 17.5.